The third kappa shape index (κ3) is 27.2. The van der Waals surface area contributed by atoms with E-state index in [0.717, 1.165) is 123 Å². The summed E-state index contributed by atoms with van der Waals surface area (Å²) >= 11 is 0. The van der Waals surface area contributed by atoms with Gasteiger partial charge in [0.2, 0.25) is 35.4 Å². The highest BCUT2D eigenvalue weighted by molar-refractivity contribution is 6.01. The van der Waals surface area contributed by atoms with Crippen LogP contribution in [0.3, 0.4) is 0 Å². The first kappa shape index (κ1) is 105. The molecular formula is C111H142FN21O14. The van der Waals surface area contributed by atoms with Crippen LogP contribution >= 0.6 is 0 Å². The molecule has 0 spiro atoms. The molecule has 0 radical (unpaired) electrons. The molecule has 0 aliphatic carbocycles. The number of methoxy groups -OCH3 is 1. The lowest BCUT2D eigenvalue weighted by atomic mass is 9.98. The zero-order valence-corrected chi connectivity index (χ0v) is 84.6. The number of urea groups is 6. The van der Waals surface area contributed by atoms with Gasteiger partial charge in [0.15, 0.2) is 0 Å². The average molecular weight is 2010 g/mol. The third-order valence-corrected chi connectivity index (χ3v) is 31.6. The Labute approximate surface area is 859 Å². The third-order valence-electron chi connectivity index (χ3n) is 31.6. The Bertz CT molecular complexity index is 5790. The summed E-state index contributed by atoms with van der Waals surface area (Å²) in [4.78, 5) is 198. The SMILES string of the molecule is COC(=O)c1cccc(NC(=O)N[C@@H](CC(=O)N2CCC(N3Cc4ccccc4NC3=O)CC2)C(=O)N2CCC(N3CCCCC3)CC2)c1.Cc1ccc(F)cc1NC(=O)N[C@@H](CC(=O)N1CCC(N2Cc3ccccc3NC2=O)CC1)C(=O)N1CCC(N2CCCCC2)CC1.O=C(Nc1ccccc1-c1ccccc1)N[C@@H](CC(=O)N1CCC(N2Cc3ccccc3NC2=O)CC1)C(=O)N1CCC(N2CCCCC2)CC1. The van der Waals surface area contributed by atoms with Gasteiger partial charge >= 0.3 is 42.2 Å². The van der Waals surface area contributed by atoms with Gasteiger partial charge in [0.05, 0.1) is 37.6 Å². The summed E-state index contributed by atoms with van der Waals surface area (Å²) in [6.45, 7) is 16.2. The Balaban J connectivity index is 0.000000151. The van der Waals surface area contributed by atoms with Crippen molar-refractivity contribution in [2.75, 3.05) is 157 Å². The van der Waals surface area contributed by atoms with Crippen molar-refractivity contribution in [1.82, 2.24) is 74.7 Å². The lowest BCUT2D eigenvalue weighted by Crippen LogP contribution is -2.56. The number of nitrogens with one attached hydrogen (secondary N) is 9. The lowest BCUT2D eigenvalue weighted by molar-refractivity contribution is -0.140. The predicted molar refractivity (Wildman–Crippen MR) is 559 cm³/mol. The molecule has 0 bridgehead atoms. The number of anilines is 6. The molecular weight excluding hydrogens is 1870 g/mol. The number of ether oxygens (including phenoxy) is 1. The molecule has 9 fully saturated rings. The lowest BCUT2D eigenvalue weighted by Gasteiger charge is -2.41. The molecule has 147 heavy (non-hydrogen) atoms. The van der Waals surface area contributed by atoms with Gasteiger partial charge in [0.1, 0.15) is 23.9 Å². The fraction of sp³-hybridized carbons (Fsp3) is 0.505. The minimum Gasteiger partial charge on any atom is -0.465 e. The second-order valence-electron chi connectivity index (χ2n) is 40.9. The van der Waals surface area contributed by atoms with Crippen molar-refractivity contribution in [1.29, 1.82) is 0 Å². The number of para-hydroxylation sites is 4. The summed E-state index contributed by atoms with van der Waals surface area (Å²) in [5.41, 5.74) is 9.74. The van der Waals surface area contributed by atoms with E-state index in [1.807, 2.05) is 147 Å². The van der Waals surface area contributed by atoms with Gasteiger partial charge in [-0.2, -0.15) is 0 Å². The number of amides is 18. The molecule has 3 atom stereocenters. The molecule has 9 N–H and O–H groups in total. The number of nitrogens with zero attached hydrogens (tertiary/aromatic N) is 12. The van der Waals surface area contributed by atoms with Crippen LogP contribution in [0, 0.1) is 12.7 Å². The molecule has 782 valence electrons. The zero-order valence-electron chi connectivity index (χ0n) is 84.6. The van der Waals surface area contributed by atoms with E-state index in [2.05, 4.69) is 62.6 Å². The maximum absolute atomic E-state index is 14.1. The highest BCUT2D eigenvalue weighted by atomic mass is 19.1. The van der Waals surface area contributed by atoms with Gasteiger partial charge in [-0.1, -0.05) is 135 Å². The summed E-state index contributed by atoms with van der Waals surface area (Å²) in [5, 5.41) is 25.7. The quantitative estimate of drug-likeness (QED) is 0.0269. The zero-order chi connectivity index (χ0) is 102. The number of halogens is 1. The Morgan fingerprint density at radius 3 is 1.04 bits per heavy atom. The predicted octanol–water partition coefficient (Wildman–Crippen LogP) is 14.1. The van der Waals surface area contributed by atoms with Crippen LogP contribution in [-0.2, 0) is 53.1 Å². The Hall–Kier alpha value is -13.7. The second-order valence-corrected chi connectivity index (χ2v) is 40.9. The molecule has 12 heterocycles. The molecule has 19 rings (SSSR count). The summed E-state index contributed by atoms with van der Waals surface area (Å²) in [5.74, 6) is -2.41. The minimum absolute atomic E-state index is 0.00891. The maximum atomic E-state index is 14.1. The number of esters is 1. The van der Waals surface area contributed by atoms with Crippen molar-refractivity contribution in [3.63, 3.8) is 0 Å². The summed E-state index contributed by atoms with van der Waals surface area (Å²) in [7, 11) is 1.28. The van der Waals surface area contributed by atoms with Crippen molar-refractivity contribution in [2.24, 2.45) is 0 Å². The van der Waals surface area contributed by atoms with Crippen molar-refractivity contribution in [3.05, 3.63) is 203 Å². The van der Waals surface area contributed by atoms with Crippen molar-refractivity contribution < 1.29 is 71.5 Å². The molecule has 0 aromatic heterocycles. The molecule has 0 unspecified atom stereocenters. The molecule has 12 aliphatic rings. The number of benzene rings is 7. The number of rotatable bonds is 23. The molecule has 0 saturated carbocycles. The van der Waals surface area contributed by atoms with Crippen LogP contribution in [0.2, 0.25) is 0 Å². The monoisotopic (exact) mass is 2010 g/mol. The highest BCUT2D eigenvalue weighted by Gasteiger charge is 2.43. The number of fused-ring (bicyclic) bond motifs is 3. The Kier molecular flexibility index (Phi) is 35.7. The van der Waals surface area contributed by atoms with Crippen LogP contribution in [0.1, 0.15) is 187 Å². The van der Waals surface area contributed by atoms with Crippen LogP contribution in [0.5, 0.6) is 0 Å². The van der Waals surface area contributed by atoms with Gasteiger partial charge in [-0.15, -0.1) is 0 Å². The van der Waals surface area contributed by atoms with Crippen LogP contribution < -0.4 is 47.9 Å². The van der Waals surface area contributed by atoms with E-state index in [-0.39, 0.29) is 96.5 Å². The summed E-state index contributed by atoms with van der Waals surface area (Å²) in [6.07, 6.45) is 19.7. The normalized spacial score (nSPS) is 19.9. The molecule has 9 saturated heterocycles. The molecule has 7 aromatic rings. The molecule has 36 heteroatoms. The molecule has 35 nitrogen and oxygen atoms in total. The van der Waals surface area contributed by atoms with Gasteiger partial charge in [0, 0.05) is 168 Å². The average Bonchev–Trinajstić information content (AvgIpc) is 0.801. The second kappa shape index (κ2) is 50.1. The number of piperidine rings is 9. The van der Waals surface area contributed by atoms with Gasteiger partial charge in [-0.3, -0.25) is 28.8 Å². The maximum Gasteiger partial charge on any atom is 0.337 e. The van der Waals surface area contributed by atoms with Crippen molar-refractivity contribution >= 4 is 112 Å². The molecule has 18 amide bonds. The Morgan fingerprint density at radius 2 is 0.667 bits per heavy atom. The van der Waals surface area contributed by atoms with E-state index in [0.29, 0.717) is 177 Å². The summed E-state index contributed by atoms with van der Waals surface area (Å²) < 4.78 is 18.7. The largest absolute Gasteiger partial charge is 0.465 e. The van der Waals surface area contributed by atoms with Crippen LogP contribution in [0.4, 0.5) is 67.3 Å². The van der Waals surface area contributed by atoms with E-state index in [9.17, 15) is 66.7 Å². The topological polar surface area (TPSA) is 378 Å². The minimum atomic E-state index is -1.06. The fourth-order valence-electron chi connectivity index (χ4n) is 23.2. The first-order valence-corrected chi connectivity index (χ1v) is 53.2. The van der Waals surface area contributed by atoms with E-state index < -0.39 is 48.0 Å². The highest BCUT2D eigenvalue weighted by Crippen LogP contribution is 2.36. The van der Waals surface area contributed by atoms with Crippen molar-refractivity contribution in [2.45, 2.75) is 235 Å². The standard InChI is InChI=1S/C40H49N7O4.C36H47N7O6.C35H46FN7O4/c48-37(45-23-19-32(20-24-45)47-28-30-13-5-7-15-34(30)43-40(47)51)27-36(38(49)46-25-17-31(18-26-46)44-21-9-2-10-22-44)42-39(50)41-35-16-8-6-14-33(35)29-11-3-1-4-12-29;1-49-34(46)25-9-7-10-27(22-25)37-35(47)38-31(33(45)42-20-12-28(13-21-42)40-16-5-2-6-17-40)23-32(44)41-18-14-29(15-19-41)43-24-26-8-3-4-11-30(26)39-36(43)48;1-24-9-10-26(36)21-30(24)37-34(46)38-31(33(45)42-19-11-27(12-20-42)40-15-5-2-6-16-40)22-32(44)41-17-13-28(14-18-41)43-23-25-7-3-4-8-29(25)39-35(43)47/h1,3-8,11-16,31-32,36H,2,9-10,17-28H2,(H,43,51)(H2,41,42,50);3-4,7-11,22,28-29,31H,2,5-6,12-21,23-24H2,1H3,(H,39,48)(H2,37,38,47);3-4,7-10,21,27-28,31H,2,5-6,11-20,22-23H2,1H3,(H,39,47)(H2,37,38,46)/t36-;2*31-/m000/s1. The number of likely N-dealkylation sites (tertiary alicyclic amines) is 9. The fourth-order valence-corrected chi connectivity index (χ4v) is 23.2. The molecule has 12 aliphatic heterocycles. The van der Waals surface area contributed by atoms with Gasteiger partial charge < -0.3 is 111 Å². The number of hydrogen-bond acceptors (Lipinski definition) is 17. The van der Waals surface area contributed by atoms with Gasteiger partial charge in [0.25, 0.3) is 0 Å². The van der Waals surface area contributed by atoms with Crippen LogP contribution in [0.25, 0.3) is 11.1 Å². The van der Waals surface area contributed by atoms with Gasteiger partial charge in [-0.05, 0) is 244 Å². The first-order valence-electron chi connectivity index (χ1n) is 53.2. The van der Waals surface area contributed by atoms with Gasteiger partial charge in [-0.25, -0.2) is 38.0 Å². The van der Waals surface area contributed by atoms with Crippen molar-refractivity contribution in [3.8, 4) is 11.1 Å². The van der Waals surface area contributed by atoms with E-state index in [1.54, 1.807) is 55.7 Å². The molecule has 7 aromatic carbocycles. The van der Waals surface area contributed by atoms with E-state index in [4.69, 9.17) is 4.74 Å². The number of hydrogen-bond donors (Lipinski definition) is 9. The Morgan fingerprint density at radius 1 is 0.340 bits per heavy atom. The smallest absolute Gasteiger partial charge is 0.337 e. The number of carbonyl (C=O) groups is 13. The van der Waals surface area contributed by atoms with E-state index >= 15 is 0 Å². The summed E-state index contributed by atoms with van der Waals surface area (Å²) in [6, 6.07) is 47.1. The first-order chi connectivity index (χ1) is 71.5. The number of aryl methyl sites for hydroxylation is 1. The van der Waals surface area contributed by atoms with Crippen LogP contribution in [0.15, 0.2) is 170 Å². The van der Waals surface area contributed by atoms with E-state index in [1.165, 1.54) is 83.1 Å². The number of carbonyl (C=O) groups excluding carboxylic acids is 13. The van der Waals surface area contributed by atoms with Crippen LogP contribution in [-0.4, -0.2) is 316 Å².